The van der Waals surface area contributed by atoms with Crippen molar-refractivity contribution in [2.75, 3.05) is 6.54 Å². The molecule has 3 nitrogen and oxygen atoms in total. The molecule has 1 amide bonds. The van der Waals surface area contributed by atoms with Crippen molar-refractivity contribution in [3.05, 3.63) is 34.3 Å². The summed E-state index contributed by atoms with van der Waals surface area (Å²) in [5.41, 5.74) is 6.48. The molecule has 0 aliphatic heterocycles. The number of benzene rings is 1. The van der Waals surface area contributed by atoms with Gasteiger partial charge >= 0.3 is 0 Å². The van der Waals surface area contributed by atoms with Gasteiger partial charge in [-0.05, 0) is 49.6 Å². The SMILES string of the molecule is NCC1CCCCC1NC(=O)c1ccc(Br)cc1. The van der Waals surface area contributed by atoms with E-state index in [2.05, 4.69) is 21.2 Å². The molecule has 2 atom stereocenters. The summed E-state index contributed by atoms with van der Waals surface area (Å²) in [6.07, 6.45) is 4.58. The van der Waals surface area contributed by atoms with Gasteiger partial charge in [0.1, 0.15) is 0 Å². The lowest BCUT2D eigenvalue weighted by molar-refractivity contribution is 0.0908. The van der Waals surface area contributed by atoms with Gasteiger partial charge in [0.05, 0.1) is 0 Å². The van der Waals surface area contributed by atoms with Crippen LogP contribution in [0.5, 0.6) is 0 Å². The molecule has 3 N–H and O–H groups in total. The first-order valence-electron chi connectivity index (χ1n) is 6.47. The third-order valence-corrected chi connectivity index (χ3v) is 4.16. The zero-order chi connectivity index (χ0) is 13.0. The van der Waals surface area contributed by atoms with Crippen molar-refractivity contribution < 1.29 is 4.79 Å². The number of carbonyl (C=O) groups is 1. The Hall–Kier alpha value is -0.870. The van der Waals surface area contributed by atoms with Gasteiger partial charge in [-0.3, -0.25) is 4.79 Å². The Morgan fingerprint density at radius 1 is 1.28 bits per heavy atom. The van der Waals surface area contributed by atoms with E-state index in [-0.39, 0.29) is 11.9 Å². The number of carbonyl (C=O) groups excluding carboxylic acids is 1. The third-order valence-electron chi connectivity index (χ3n) is 3.63. The van der Waals surface area contributed by atoms with E-state index in [0.29, 0.717) is 18.0 Å². The second-order valence-electron chi connectivity index (χ2n) is 4.87. The van der Waals surface area contributed by atoms with E-state index in [0.717, 1.165) is 17.3 Å². The fourth-order valence-electron chi connectivity index (χ4n) is 2.53. The van der Waals surface area contributed by atoms with Gasteiger partial charge in [-0.2, -0.15) is 0 Å². The van der Waals surface area contributed by atoms with E-state index in [1.807, 2.05) is 24.3 Å². The van der Waals surface area contributed by atoms with Crippen LogP contribution >= 0.6 is 15.9 Å². The van der Waals surface area contributed by atoms with Gasteiger partial charge in [-0.15, -0.1) is 0 Å². The lowest BCUT2D eigenvalue weighted by atomic mass is 9.84. The van der Waals surface area contributed by atoms with Crippen LogP contribution in [-0.4, -0.2) is 18.5 Å². The average Bonchev–Trinajstić information content (AvgIpc) is 2.40. The summed E-state index contributed by atoms with van der Waals surface area (Å²) in [6, 6.07) is 7.67. The van der Waals surface area contributed by atoms with Crippen molar-refractivity contribution in [2.45, 2.75) is 31.7 Å². The zero-order valence-electron chi connectivity index (χ0n) is 10.4. The van der Waals surface area contributed by atoms with Crippen LogP contribution in [0.1, 0.15) is 36.0 Å². The monoisotopic (exact) mass is 310 g/mol. The van der Waals surface area contributed by atoms with Gasteiger partial charge < -0.3 is 11.1 Å². The quantitative estimate of drug-likeness (QED) is 0.902. The number of halogens is 1. The number of rotatable bonds is 3. The summed E-state index contributed by atoms with van der Waals surface area (Å²) in [5, 5.41) is 3.12. The van der Waals surface area contributed by atoms with Gasteiger partial charge in [0.2, 0.25) is 0 Å². The highest BCUT2D eigenvalue weighted by Gasteiger charge is 2.25. The van der Waals surface area contributed by atoms with Crippen molar-refractivity contribution in [3.63, 3.8) is 0 Å². The lowest BCUT2D eigenvalue weighted by Crippen LogP contribution is -2.44. The Balaban J connectivity index is 1.99. The van der Waals surface area contributed by atoms with Crippen molar-refractivity contribution in [2.24, 2.45) is 11.7 Å². The molecule has 18 heavy (non-hydrogen) atoms. The summed E-state index contributed by atoms with van der Waals surface area (Å²) in [5.74, 6) is 0.436. The molecule has 0 heterocycles. The van der Waals surface area contributed by atoms with E-state index < -0.39 is 0 Å². The van der Waals surface area contributed by atoms with Crippen LogP contribution in [0.15, 0.2) is 28.7 Å². The minimum absolute atomic E-state index is 0.00727. The van der Waals surface area contributed by atoms with E-state index in [1.165, 1.54) is 12.8 Å². The first kappa shape index (κ1) is 13.6. The minimum atomic E-state index is 0.00727. The first-order valence-corrected chi connectivity index (χ1v) is 7.26. The molecule has 1 fully saturated rings. The van der Waals surface area contributed by atoms with Gasteiger partial charge in [-0.25, -0.2) is 0 Å². The van der Waals surface area contributed by atoms with Gasteiger partial charge in [0.25, 0.3) is 5.91 Å². The fraction of sp³-hybridized carbons (Fsp3) is 0.500. The Bertz CT molecular complexity index is 405. The van der Waals surface area contributed by atoms with Gasteiger partial charge in [0.15, 0.2) is 0 Å². The largest absolute Gasteiger partial charge is 0.349 e. The minimum Gasteiger partial charge on any atom is -0.349 e. The number of amides is 1. The van der Waals surface area contributed by atoms with E-state index in [9.17, 15) is 4.79 Å². The summed E-state index contributed by atoms with van der Waals surface area (Å²) < 4.78 is 0.983. The predicted molar refractivity (Wildman–Crippen MR) is 76.4 cm³/mol. The molecule has 0 saturated heterocycles. The number of hydrogen-bond donors (Lipinski definition) is 2. The maximum atomic E-state index is 12.1. The smallest absolute Gasteiger partial charge is 0.251 e. The maximum Gasteiger partial charge on any atom is 0.251 e. The standard InChI is InChI=1S/C14H19BrN2O/c15-12-7-5-10(6-8-12)14(18)17-13-4-2-1-3-11(13)9-16/h5-8,11,13H,1-4,9,16H2,(H,17,18). The molecule has 0 bridgehead atoms. The molecule has 2 rings (SSSR count). The van der Waals surface area contributed by atoms with E-state index in [1.54, 1.807) is 0 Å². The summed E-state index contributed by atoms with van der Waals surface area (Å²) >= 11 is 3.37. The molecule has 1 aliphatic rings. The highest BCUT2D eigenvalue weighted by molar-refractivity contribution is 9.10. The number of nitrogens with two attached hydrogens (primary N) is 1. The topological polar surface area (TPSA) is 55.1 Å². The highest BCUT2D eigenvalue weighted by Crippen LogP contribution is 2.23. The summed E-state index contributed by atoms with van der Waals surface area (Å²) in [7, 11) is 0. The van der Waals surface area contributed by atoms with Crippen molar-refractivity contribution in [1.82, 2.24) is 5.32 Å². The molecule has 4 heteroatoms. The van der Waals surface area contributed by atoms with Crippen LogP contribution in [0.25, 0.3) is 0 Å². The Morgan fingerprint density at radius 3 is 2.61 bits per heavy atom. The van der Waals surface area contributed by atoms with Crippen molar-refractivity contribution in [3.8, 4) is 0 Å². The molecule has 1 aromatic carbocycles. The van der Waals surface area contributed by atoms with E-state index in [4.69, 9.17) is 5.73 Å². The molecular formula is C14H19BrN2O. The maximum absolute atomic E-state index is 12.1. The molecule has 1 saturated carbocycles. The van der Waals surface area contributed by atoms with Crippen LogP contribution in [-0.2, 0) is 0 Å². The van der Waals surface area contributed by atoms with Crippen LogP contribution in [0, 0.1) is 5.92 Å². The highest BCUT2D eigenvalue weighted by atomic mass is 79.9. The Labute approximate surface area is 116 Å². The molecule has 0 spiro atoms. The number of hydrogen-bond acceptors (Lipinski definition) is 2. The molecule has 0 aromatic heterocycles. The van der Waals surface area contributed by atoms with Gasteiger partial charge in [0, 0.05) is 16.1 Å². The van der Waals surface area contributed by atoms with Crippen LogP contribution in [0.4, 0.5) is 0 Å². The predicted octanol–water partition coefficient (Wildman–Crippen LogP) is 2.70. The molecule has 1 aliphatic carbocycles. The zero-order valence-corrected chi connectivity index (χ0v) is 11.9. The second kappa shape index (κ2) is 6.34. The molecule has 2 unspecified atom stereocenters. The van der Waals surface area contributed by atoms with Crippen molar-refractivity contribution in [1.29, 1.82) is 0 Å². The van der Waals surface area contributed by atoms with Crippen molar-refractivity contribution >= 4 is 21.8 Å². The normalized spacial score (nSPS) is 23.7. The fourth-order valence-corrected chi connectivity index (χ4v) is 2.80. The molecular weight excluding hydrogens is 292 g/mol. The van der Waals surface area contributed by atoms with Gasteiger partial charge in [-0.1, -0.05) is 28.8 Å². The second-order valence-corrected chi connectivity index (χ2v) is 5.78. The summed E-state index contributed by atoms with van der Waals surface area (Å²) in [6.45, 7) is 0.658. The van der Waals surface area contributed by atoms with Crippen LogP contribution < -0.4 is 11.1 Å². The molecule has 0 radical (unpaired) electrons. The lowest BCUT2D eigenvalue weighted by Gasteiger charge is -2.31. The molecule has 98 valence electrons. The third kappa shape index (κ3) is 3.33. The Morgan fingerprint density at radius 2 is 1.94 bits per heavy atom. The Kier molecular flexibility index (Phi) is 4.78. The number of nitrogens with one attached hydrogen (secondary N) is 1. The van der Waals surface area contributed by atoms with Crippen LogP contribution in [0.2, 0.25) is 0 Å². The molecule has 1 aromatic rings. The summed E-state index contributed by atoms with van der Waals surface area (Å²) in [4.78, 5) is 12.1. The first-order chi connectivity index (χ1) is 8.70. The van der Waals surface area contributed by atoms with Crippen LogP contribution in [0.3, 0.4) is 0 Å². The van der Waals surface area contributed by atoms with E-state index >= 15 is 0 Å². The average molecular weight is 311 g/mol.